The first-order valence-corrected chi connectivity index (χ1v) is 8.53. The zero-order chi connectivity index (χ0) is 15.5. The molecule has 0 aliphatic carbocycles. The van der Waals surface area contributed by atoms with Crippen LogP contribution in [0.3, 0.4) is 0 Å². The number of fused-ring (bicyclic) bond motifs is 1. The molecule has 116 valence electrons. The van der Waals surface area contributed by atoms with E-state index in [0.29, 0.717) is 18.4 Å². The molecule has 2 N–H and O–H groups in total. The molecule has 0 aromatic heterocycles. The van der Waals surface area contributed by atoms with Crippen molar-refractivity contribution in [3.8, 4) is 0 Å². The van der Waals surface area contributed by atoms with Gasteiger partial charge in [-0.1, -0.05) is 32.0 Å². The van der Waals surface area contributed by atoms with Gasteiger partial charge >= 0.3 is 5.97 Å². The van der Waals surface area contributed by atoms with Crippen molar-refractivity contribution in [1.82, 2.24) is 0 Å². The summed E-state index contributed by atoms with van der Waals surface area (Å²) >= 11 is 1.87. The van der Waals surface area contributed by atoms with E-state index in [0.717, 1.165) is 12.8 Å². The Morgan fingerprint density at radius 3 is 2.76 bits per heavy atom. The molecular formula is C17H25NO2S. The minimum Gasteiger partial charge on any atom is -0.466 e. The fourth-order valence-electron chi connectivity index (χ4n) is 3.01. The summed E-state index contributed by atoms with van der Waals surface area (Å²) in [7, 11) is 0. The number of nitrogens with two attached hydrogens (primary N) is 1. The fourth-order valence-corrected chi connectivity index (χ4v) is 4.47. The van der Waals surface area contributed by atoms with Crippen molar-refractivity contribution >= 4 is 17.7 Å². The van der Waals surface area contributed by atoms with Crippen LogP contribution in [0.4, 0.5) is 0 Å². The molecule has 21 heavy (non-hydrogen) atoms. The third-order valence-electron chi connectivity index (χ3n) is 4.46. The molecule has 1 heterocycles. The molecule has 0 fully saturated rings. The largest absolute Gasteiger partial charge is 0.466 e. The lowest BCUT2D eigenvalue weighted by atomic mass is 9.73. The van der Waals surface area contributed by atoms with Crippen LogP contribution >= 0.6 is 11.8 Å². The van der Waals surface area contributed by atoms with Gasteiger partial charge in [-0.05, 0) is 37.3 Å². The Morgan fingerprint density at radius 1 is 1.48 bits per heavy atom. The van der Waals surface area contributed by atoms with Crippen LogP contribution < -0.4 is 5.73 Å². The molecule has 0 saturated heterocycles. The van der Waals surface area contributed by atoms with Crippen LogP contribution in [0.25, 0.3) is 0 Å². The maximum Gasteiger partial charge on any atom is 0.313 e. The summed E-state index contributed by atoms with van der Waals surface area (Å²) in [5.74, 6) is 0.0323. The highest BCUT2D eigenvalue weighted by Gasteiger charge is 2.44. The van der Waals surface area contributed by atoms with E-state index in [-0.39, 0.29) is 11.9 Å². The Balaban J connectivity index is 2.16. The van der Waals surface area contributed by atoms with E-state index >= 15 is 0 Å². The quantitative estimate of drug-likeness (QED) is 0.820. The third-order valence-corrected chi connectivity index (χ3v) is 5.78. The summed E-state index contributed by atoms with van der Waals surface area (Å²) in [4.78, 5) is 13.8. The minimum atomic E-state index is -0.574. The molecule has 2 atom stereocenters. The SMILES string of the molecule is CCOC(=O)C(CN)(CC1Cc2ccccc2S1)C(C)C. The summed E-state index contributed by atoms with van der Waals surface area (Å²) in [6.07, 6.45) is 1.79. The number of hydrogen-bond donors (Lipinski definition) is 1. The van der Waals surface area contributed by atoms with Crippen LogP contribution in [0.2, 0.25) is 0 Å². The maximum atomic E-state index is 12.5. The summed E-state index contributed by atoms with van der Waals surface area (Å²) < 4.78 is 5.32. The molecule has 2 rings (SSSR count). The highest BCUT2D eigenvalue weighted by molar-refractivity contribution is 8.00. The van der Waals surface area contributed by atoms with Crippen molar-refractivity contribution in [1.29, 1.82) is 0 Å². The van der Waals surface area contributed by atoms with Crippen LogP contribution in [-0.2, 0) is 16.0 Å². The number of rotatable bonds is 6. The van der Waals surface area contributed by atoms with Gasteiger partial charge in [0, 0.05) is 16.7 Å². The first kappa shape index (κ1) is 16.4. The molecule has 0 spiro atoms. The monoisotopic (exact) mass is 307 g/mol. The molecule has 1 aliphatic rings. The van der Waals surface area contributed by atoms with Gasteiger partial charge < -0.3 is 10.5 Å². The highest BCUT2D eigenvalue weighted by Crippen LogP contribution is 2.44. The van der Waals surface area contributed by atoms with Crippen LogP contribution in [-0.4, -0.2) is 24.4 Å². The van der Waals surface area contributed by atoms with Crippen molar-refractivity contribution in [2.45, 2.75) is 43.8 Å². The van der Waals surface area contributed by atoms with E-state index in [9.17, 15) is 4.79 Å². The van der Waals surface area contributed by atoms with Crippen molar-refractivity contribution in [2.24, 2.45) is 17.1 Å². The van der Waals surface area contributed by atoms with Gasteiger partial charge in [0.15, 0.2) is 0 Å². The average molecular weight is 307 g/mol. The van der Waals surface area contributed by atoms with E-state index < -0.39 is 5.41 Å². The average Bonchev–Trinajstić information content (AvgIpc) is 2.86. The van der Waals surface area contributed by atoms with Gasteiger partial charge in [-0.25, -0.2) is 0 Å². The molecule has 4 heteroatoms. The molecule has 1 aromatic rings. The molecular weight excluding hydrogens is 282 g/mol. The highest BCUT2D eigenvalue weighted by atomic mass is 32.2. The lowest BCUT2D eigenvalue weighted by Gasteiger charge is -2.35. The smallest absolute Gasteiger partial charge is 0.313 e. The zero-order valence-electron chi connectivity index (χ0n) is 13.1. The summed E-state index contributed by atoms with van der Waals surface area (Å²) in [5, 5.41) is 0.401. The first-order valence-electron chi connectivity index (χ1n) is 7.65. The van der Waals surface area contributed by atoms with E-state index in [4.69, 9.17) is 10.5 Å². The van der Waals surface area contributed by atoms with Gasteiger partial charge in [-0.2, -0.15) is 0 Å². The number of benzene rings is 1. The second-order valence-electron chi connectivity index (χ2n) is 5.99. The number of carbonyl (C=O) groups excluding carboxylic acids is 1. The van der Waals surface area contributed by atoms with Crippen LogP contribution in [0.1, 0.15) is 32.8 Å². The molecule has 0 saturated carbocycles. The molecule has 0 amide bonds. The number of ether oxygens (including phenoxy) is 1. The predicted molar refractivity (Wildman–Crippen MR) is 87.4 cm³/mol. The van der Waals surface area contributed by atoms with E-state index in [1.54, 1.807) is 0 Å². The Labute approximate surface area is 131 Å². The first-order chi connectivity index (χ1) is 10.0. The van der Waals surface area contributed by atoms with Crippen molar-refractivity contribution in [2.75, 3.05) is 13.2 Å². The van der Waals surface area contributed by atoms with Crippen LogP contribution in [0.5, 0.6) is 0 Å². The molecule has 2 unspecified atom stereocenters. The Hall–Kier alpha value is -1.00. The maximum absolute atomic E-state index is 12.5. The number of thioether (sulfide) groups is 1. The molecule has 3 nitrogen and oxygen atoms in total. The number of esters is 1. The fraction of sp³-hybridized carbons (Fsp3) is 0.588. The lowest BCUT2D eigenvalue weighted by Crippen LogP contribution is -2.46. The van der Waals surface area contributed by atoms with E-state index in [1.165, 1.54) is 10.5 Å². The Kier molecular flexibility index (Phi) is 5.33. The topological polar surface area (TPSA) is 52.3 Å². The van der Waals surface area contributed by atoms with Gasteiger partial charge in [0.1, 0.15) is 0 Å². The number of hydrogen-bond acceptors (Lipinski definition) is 4. The summed E-state index contributed by atoms with van der Waals surface area (Å²) in [6, 6.07) is 8.47. The Morgan fingerprint density at radius 2 is 2.19 bits per heavy atom. The Bertz CT molecular complexity index is 478. The van der Waals surface area contributed by atoms with Gasteiger partial charge in [-0.15, -0.1) is 11.8 Å². The van der Waals surface area contributed by atoms with E-state index in [2.05, 4.69) is 38.1 Å². The van der Waals surface area contributed by atoms with Gasteiger partial charge in [0.2, 0.25) is 0 Å². The van der Waals surface area contributed by atoms with Crippen molar-refractivity contribution in [3.63, 3.8) is 0 Å². The second kappa shape index (κ2) is 6.84. The van der Waals surface area contributed by atoms with Crippen molar-refractivity contribution < 1.29 is 9.53 Å². The number of carbonyl (C=O) groups is 1. The van der Waals surface area contributed by atoms with Gasteiger partial charge in [0.05, 0.1) is 12.0 Å². The second-order valence-corrected chi connectivity index (χ2v) is 7.33. The van der Waals surface area contributed by atoms with Crippen molar-refractivity contribution in [3.05, 3.63) is 29.8 Å². The standard InChI is InChI=1S/C17H25NO2S/c1-4-20-16(19)17(11-18,12(2)3)10-14-9-13-7-5-6-8-15(13)21-14/h5-8,12,14H,4,9-11,18H2,1-3H3. The molecule has 1 aromatic carbocycles. The van der Waals surface area contributed by atoms with E-state index in [1.807, 2.05) is 18.7 Å². The molecule has 0 radical (unpaired) electrons. The van der Waals surface area contributed by atoms with Crippen LogP contribution in [0, 0.1) is 11.3 Å². The zero-order valence-corrected chi connectivity index (χ0v) is 13.9. The van der Waals surface area contributed by atoms with Gasteiger partial charge in [0.25, 0.3) is 0 Å². The molecule has 1 aliphatic heterocycles. The minimum absolute atomic E-state index is 0.140. The summed E-state index contributed by atoms with van der Waals surface area (Å²) in [6.45, 7) is 6.73. The summed E-state index contributed by atoms with van der Waals surface area (Å²) in [5.41, 5.74) is 6.82. The molecule has 0 bridgehead atoms. The third kappa shape index (κ3) is 3.27. The predicted octanol–water partition coefficient (Wildman–Crippen LogP) is 3.26. The van der Waals surface area contributed by atoms with Gasteiger partial charge in [-0.3, -0.25) is 4.79 Å². The lowest BCUT2D eigenvalue weighted by molar-refractivity contribution is -0.158. The van der Waals surface area contributed by atoms with Crippen LogP contribution in [0.15, 0.2) is 29.2 Å². The normalized spacial score (nSPS) is 20.1.